The van der Waals surface area contributed by atoms with Crippen LogP contribution < -0.4 is 5.43 Å². The Hall–Kier alpha value is -2.63. The molecule has 0 fully saturated rings. The topological polar surface area (TPSA) is 54.6 Å². The lowest BCUT2D eigenvalue weighted by molar-refractivity contribution is -0.120. The van der Waals surface area contributed by atoms with Gasteiger partial charge in [-0.2, -0.15) is 5.10 Å². The van der Waals surface area contributed by atoms with Gasteiger partial charge in [-0.25, -0.2) is 9.82 Å². The Bertz CT molecular complexity index is 952. The summed E-state index contributed by atoms with van der Waals surface area (Å²) in [4.78, 5) is 11.8. The molecule has 3 rings (SSSR count). The number of hydrogen-bond acceptors (Lipinski definition) is 3. The van der Waals surface area contributed by atoms with E-state index in [1.807, 2.05) is 0 Å². The van der Waals surface area contributed by atoms with Crippen molar-refractivity contribution in [1.82, 2.24) is 5.43 Å². The smallest absolute Gasteiger partial charge is 0.244 e. The highest BCUT2D eigenvalue weighted by Crippen LogP contribution is 2.31. The summed E-state index contributed by atoms with van der Waals surface area (Å²) in [7, 11) is 0. The molecule has 4 nitrogen and oxygen atoms in total. The van der Waals surface area contributed by atoms with Crippen LogP contribution in [0.25, 0.3) is 11.3 Å². The van der Waals surface area contributed by atoms with E-state index in [0.717, 1.165) is 0 Å². The lowest BCUT2D eigenvalue weighted by atomic mass is 10.1. The van der Waals surface area contributed by atoms with Crippen molar-refractivity contribution in [3.8, 4) is 11.3 Å². The summed E-state index contributed by atoms with van der Waals surface area (Å²) in [6, 6.07) is 14.2. The van der Waals surface area contributed by atoms with Gasteiger partial charge in [0.1, 0.15) is 17.3 Å². The fraction of sp³-hybridized carbons (Fsp3) is 0.0526. The van der Waals surface area contributed by atoms with Crippen LogP contribution in [0.1, 0.15) is 11.3 Å². The van der Waals surface area contributed by atoms with Gasteiger partial charge in [0.15, 0.2) is 0 Å². The van der Waals surface area contributed by atoms with Gasteiger partial charge in [-0.1, -0.05) is 35.3 Å². The SMILES string of the molecule is O=C(Cc1ccc(F)cc1)N/N=C\c1ccc(-c2cc(Cl)ccc2Cl)o1. The first-order valence-electron chi connectivity index (χ1n) is 7.63. The van der Waals surface area contributed by atoms with Gasteiger partial charge in [0.05, 0.1) is 17.7 Å². The van der Waals surface area contributed by atoms with Crippen LogP contribution in [0.3, 0.4) is 0 Å². The first-order chi connectivity index (χ1) is 12.5. The van der Waals surface area contributed by atoms with E-state index in [0.29, 0.717) is 32.7 Å². The summed E-state index contributed by atoms with van der Waals surface area (Å²) in [6.45, 7) is 0. The van der Waals surface area contributed by atoms with E-state index in [1.54, 1.807) is 42.5 Å². The summed E-state index contributed by atoms with van der Waals surface area (Å²) >= 11 is 12.1. The Kier molecular flexibility index (Phi) is 5.71. The second-order valence-electron chi connectivity index (χ2n) is 5.42. The van der Waals surface area contributed by atoms with E-state index in [-0.39, 0.29) is 18.1 Å². The quantitative estimate of drug-likeness (QED) is 0.487. The lowest BCUT2D eigenvalue weighted by Gasteiger charge is -2.01. The molecule has 0 unspecified atom stereocenters. The van der Waals surface area contributed by atoms with E-state index in [9.17, 15) is 9.18 Å². The van der Waals surface area contributed by atoms with Crippen molar-refractivity contribution in [3.63, 3.8) is 0 Å². The number of amides is 1. The number of hydrazone groups is 1. The number of furan rings is 1. The van der Waals surface area contributed by atoms with Crippen LogP contribution in [0.4, 0.5) is 4.39 Å². The standard InChI is InChI=1S/C19H13Cl2FN2O2/c20-13-3-7-17(21)16(10-13)18-8-6-15(26-18)11-23-24-19(25)9-12-1-4-14(22)5-2-12/h1-8,10-11H,9H2,(H,24,25)/b23-11-. The number of carbonyl (C=O) groups is 1. The Morgan fingerprint density at radius 2 is 1.88 bits per heavy atom. The maximum Gasteiger partial charge on any atom is 0.244 e. The molecule has 1 heterocycles. The maximum absolute atomic E-state index is 12.8. The molecule has 0 spiro atoms. The van der Waals surface area contributed by atoms with Crippen molar-refractivity contribution in [2.24, 2.45) is 5.10 Å². The average molecular weight is 391 g/mol. The molecule has 2 aromatic carbocycles. The van der Waals surface area contributed by atoms with E-state index in [2.05, 4.69) is 10.5 Å². The van der Waals surface area contributed by atoms with Gasteiger partial charge in [-0.3, -0.25) is 4.79 Å². The summed E-state index contributed by atoms with van der Waals surface area (Å²) in [5.41, 5.74) is 3.75. The summed E-state index contributed by atoms with van der Waals surface area (Å²) in [5.74, 6) is 0.313. The van der Waals surface area contributed by atoms with E-state index in [1.165, 1.54) is 18.3 Å². The number of hydrogen-bond donors (Lipinski definition) is 1. The molecule has 1 aromatic heterocycles. The number of carbonyl (C=O) groups excluding carboxylic acids is 1. The van der Waals surface area contributed by atoms with Gasteiger partial charge in [0.2, 0.25) is 5.91 Å². The first kappa shape index (κ1) is 18.2. The van der Waals surface area contributed by atoms with Crippen LogP contribution in [-0.4, -0.2) is 12.1 Å². The van der Waals surface area contributed by atoms with Crippen molar-refractivity contribution < 1.29 is 13.6 Å². The molecular weight excluding hydrogens is 378 g/mol. The van der Waals surface area contributed by atoms with Crippen molar-refractivity contribution in [2.45, 2.75) is 6.42 Å². The summed E-state index contributed by atoms with van der Waals surface area (Å²) < 4.78 is 18.5. The number of rotatable bonds is 5. The minimum absolute atomic E-state index is 0.0964. The van der Waals surface area contributed by atoms with Crippen LogP contribution in [0.5, 0.6) is 0 Å². The molecule has 0 radical (unpaired) electrons. The molecule has 0 aliphatic carbocycles. The minimum atomic E-state index is -0.347. The highest BCUT2D eigenvalue weighted by molar-refractivity contribution is 6.35. The van der Waals surface area contributed by atoms with Crippen molar-refractivity contribution in [3.05, 3.63) is 81.8 Å². The number of halogens is 3. The van der Waals surface area contributed by atoms with Gasteiger partial charge in [0, 0.05) is 10.6 Å². The van der Waals surface area contributed by atoms with Crippen molar-refractivity contribution >= 4 is 35.3 Å². The average Bonchev–Trinajstić information content (AvgIpc) is 3.08. The molecule has 0 bridgehead atoms. The molecule has 132 valence electrons. The summed E-state index contributed by atoms with van der Waals surface area (Å²) in [6.07, 6.45) is 1.48. The molecular formula is C19H13Cl2FN2O2. The number of benzene rings is 2. The highest BCUT2D eigenvalue weighted by Gasteiger charge is 2.09. The number of nitrogens with one attached hydrogen (secondary N) is 1. The zero-order valence-electron chi connectivity index (χ0n) is 13.4. The second kappa shape index (κ2) is 8.17. The van der Waals surface area contributed by atoms with Gasteiger partial charge in [0.25, 0.3) is 0 Å². The normalized spacial score (nSPS) is 11.0. The van der Waals surface area contributed by atoms with Crippen LogP contribution in [-0.2, 0) is 11.2 Å². The molecule has 26 heavy (non-hydrogen) atoms. The van der Waals surface area contributed by atoms with Crippen LogP contribution in [0.15, 0.2) is 64.1 Å². The predicted molar refractivity (Wildman–Crippen MR) is 100 cm³/mol. The fourth-order valence-corrected chi connectivity index (χ4v) is 2.63. The van der Waals surface area contributed by atoms with Crippen molar-refractivity contribution in [2.75, 3.05) is 0 Å². The van der Waals surface area contributed by atoms with E-state index >= 15 is 0 Å². The van der Waals surface area contributed by atoms with Crippen LogP contribution in [0, 0.1) is 5.82 Å². The third-order valence-corrected chi connectivity index (χ3v) is 4.04. The Balaban J connectivity index is 1.61. The zero-order valence-corrected chi connectivity index (χ0v) is 14.9. The molecule has 3 aromatic rings. The zero-order chi connectivity index (χ0) is 18.5. The first-order valence-corrected chi connectivity index (χ1v) is 8.38. The third kappa shape index (κ3) is 4.71. The van der Waals surface area contributed by atoms with E-state index < -0.39 is 0 Å². The molecule has 1 N–H and O–H groups in total. The highest BCUT2D eigenvalue weighted by atomic mass is 35.5. The van der Waals surface area contributed by atoms with Gasteiger partial charge in [-0.15, -0.1) is 0 Å². The second-order valence-corrected chi connectivity index (χ2v) is 6.27. The Morgan fingerprint density at radius 3 is 2.65 bits per heavy atom. The van der Waals surface area contributed by atoms with Gasteiger partial charge in [-0.05, 0) is 48.0 Å². The lowest BCUT2D eigenvalue weighted by Crippen LogP contribution is -2.19. The molecule has 0 saturated heterocycles. The maximum atomic E-state index is 12.8. The summed E-state index contributed by atoms with van der Waals surface area (Å²) in [5, 5.41) is 4.91. The van der Waals surface area contributed by atoms with Crippen molar-refractivity contribution in [1.29, 1.82) is 0 Å². The molecule has 1 amide bonds. The molecule has 0 atom stereocenters. The van der Waals surface area contributed by atoms with Crippen LogP contribution in [0.2, 0.25) is 10.0 Å². The van der Waals surface area contributed by atoms with Gasteiger partial charge < -0.3 is 4.42 Å². The predicted octanol–water partition coefficient (Wildman–Crippen LogP) is 5.09. The van der Waals surface area contributed by atoms with Gasteiger partial charge >= 0.3 is 0 Å². The molecule has 7 heteroatoms. The minimum Gasteiger partial charge on any atom is -0.455 e. The molecule has 0 aliphatic heterocycles. The molecule has 0 aliphatic rings. The number of nitrogens with zero attached hydrogens (tertiary/aromatic N) is 1. The van der Waals surface area contributed by atoms with E-state index in [4.69, 9.17) is 27.6 Å². The largest absolute Gasteiger partial charge is 0.455 e. The van der Waals surface area contributed by atoms with Crippen LogP contribution >= 0.6 is 23.2 Å². The fourth-order valence-electron chi connectivity index (χ4n) is 2.25. The Labute approximate surface area is 159 Å². The molecule has 0 saturated carbocycles. The Morgan fingerprint density at radius 1 is 1.12 bits per heavy atom. The monoisotopic (exact) mass is 390 g/mol. The third-order valence-electron chi connectivity index (χ3n) is 3.48.